The first-order chi connectivity index (χ1) is 10.3. The van der Waals surface area contributed by atoms with E-state index in [1.807, 2.05) is 0 Å². The van der Waals surface area contributed by atoms with Crippen LogP contribution >= 0.6 is 12.4 Å². The van der Waals surface area contributed by atoms with Gasteiger partial charge in [-0.1, -0.05) is 0 Å². The summed E-state index contributed by atoms with van der Waals surface area (Å²) in [5.74, 6) is -0.146. The van der Waals surface area contributed by atoms with Gasteiger partial charge < -0.3 is 10.6 Å². The van der Waals surface area contributed by atoms with Gasteiger partial charge in [-0.25, -0.2) is 8.42 Å². The van der Waals surface area contributed by atoms with Crippen LogP contribution in [0.4, 0.5) is 0 Å². The van der Waals surface area contributed by atoms with Gasteiger partial charge in [-0.2, -0.15) is 0 Å². The molecule has 0 aromatic heterocycles. The monoisotopic (exact) mass is 360 g/mol. The summed E-state index contributed by atoms with van der Waals surface area (Å²) >= 11 is 0. The van der Waals surface area contributed by atoms with E-state index in [0.717, 1.165) is 19.4 Å². The smallest absolute Gasteiger partial charge is 0.251 e. The van der Waals surface area contributed by atoms with E-state index >= 15 is 0 Å². The Bertz CT molecular complexity index is 629. The number of amides is 1. The quantitative estimate of drug-likeness (QED) is 0.862. The van der Waals surface area contributed by atoms with Crippen molar-refractivity contribution in [3.63, 3.8) is 0 Å². The SMILES string of the molecule is CC1CC(NC(=O)c2ccc(S(=O)(=O)C(C)C)cc2)CCN1.Cl. The number of nitrogens with one attached hydrogen (secondary N) is 2. The molecule has 2 atom stereocenters. The molecule has 0 aliphatic carbocycles. The van der Waals surface area contributed by atoms with Crippen LogP contribution in [-0.4, -0.2) is 38.2 Å². The molecule has 2 rings (SSSR count). The summed E-state index contributed by atoms with van der Waals surface area (Å²) < 4.78 is 24.1. The molecule has 5 nitrogen and oxygen atoms in total. The predicted molar refractivity (Wildman–Crippen MR) is 94.0 cm³/mol. The van der Waals surface area contributed by atoms with E-state index in [9.17, 15) is 13.2 Å². The topological polar surface area (TPSA) is 75.3 Å². The molecule has 0 saturated carbocycles. The van der Waals surface area contributed by atoms with E-state index in [1.54, 1.807) is 26.0 Å². The second kappa shape index (κ2) is 8.13. The molecule has 1 saturated heterocycles. The minimum atomic E-state index is -3.29. The Morgan fingerprint density at radius 1 is 1.26 bits per heavy atom. The summed E-state index contributed by atoms with van der Waals surface area (Å²) in [6.07, 6.45) is 1.82. The van der Waals surface area contributed by atoms with Gasteiger partial charge in [0.05, 0.1) is 10.1 Å². The molecule has 1 amide bonds. The highest BCUT2D eigenvalue weighted by Crippen LogP contribution is 2.17. The van der Waals surface area contributed by atoms with Crippen molar-refractivity contribution in [2.24, 2.45) is 0 Å². The third kappa shape index (κ3) is 4.93. The number of hydrogen-bond acceptors (Lipinski definition) is 4. The first kappa shape index (κ1) is 19.9. The van der Waals surface area contributed by atoms with Gasteiger partial charge in [0.25, 0.3) is 5.91 Å². The lowest BCUT2D eigenvalue weighted by molar-refractivity contribution is 0.0925. The molecule has 1 heterocycles. The van der Waals surface area contributed by atoms with Crippen molar-refractivity contribution in [2.45, 2.75) is 55.8 Å². The number of rotatable bonds is 4. The largest absolute Gasteiger partial charge is 0.349 e. The van der Waals surface area contributed by atoms with Gasteiger partial charge in [0.15, 0.2) is 9.84 Å². The van der Waals surface area contributed by atoms with Crippen LogP contribution in [0.5, 0.6) is 0 Å². The molecule has 2 N–H and O–H groups in total. The van der Waals surface area contributed by atoms with Crippen molar-refractivity contribution in [3.05, 3.63) is 29.8 Å². The fourth-order valence-corrected chi connectivity index (χ4v) is 3.66. The maximum absolute atomic E-state index is 12.2. The molecule has 130 valence electrons. The number of carbonyl (C=O) groups excluding carboxylic acids is 1. The zero-order valence-electron chi connectivity index (χ0n) is 13.7. The zero-order chi connectivity index (χ0) is 16.3. The number of benzene rings is 1. The molecular weight excluding hydrogens is 336 g/mol. The number of hydrogen-bond donors (Lipinski definition) is 2. The minimum absolute atomic E-state index is 0. The standard InChI is InChI=1S/C16H24N2O3S.ClH/c1-11(2)22(20,21)15-6-4-13(5-7-15)16(19)18-14-8-9-17-12(3)10-14;/h4-7,11-12,14,17H,8-10H2,1-3H3,(H,18,19);1H. The Balaban J connectivity index is 0.00000264. The Hall–Kier alpha value is -1.11. The summed E-state index contributed by atoms with van der Waals surface area (Å²) in [6, 6.07) is 6.75. The van der Waals surface area contributed by atoms with E-state index in [0.29, 0.717) is 11.6 Å². The first-order valence-electron chi connectivity index (χ1n) is 7.69. The summed E-state index contributed by atoms with van der Waals surface area (Å²) in [6.45, 7) is 6.30. The molecule has 1 aromatic rings. The Kier molecular flexibility index (Phi) is 7.04. The Morgan fingerprint density at radius 2 is 1.87 bits per heavy atom. The van der Waals surface area contributed by atoms with Crippen LogP contribution in [0.3, 0.4) is 0 Å². The molecule has 0 bridgehead atoms. The second-order valence-corrected chi connectivity index (χ2v) is 8.67. The molecule has 0 radical (unpaired) electrons. The van der Waals surface area contributed by atoms with Crippen molar-refractivity contribution in [1.29, 1.82) is 0 Å². The van der Waals surface area contributed by atoms with Crippen LogP contribution < -0.4 is 10.6 Å². The molecule has 1 aromatic carbocycles. The van der Waals surface area contributed by atoms with Crippen LogP contribution in [0.25, 0.3) is 0 Å². The van der Waals surface area contributed by atoms with E-state index < -0.39 is 15.1 Å². The van der Waals surface area contributed by atoms with E-state index in [-0.39, 0.29) is 29.3 Å². The maximum atomic E-state index is 12.2. The molecule has 1 aliphatic rings. The highest BCUT2D eigenvalue weighted by molar-refractivity contribution is 7.92. The van der Waals surface area contributed by atoms with Gasteiger partial charge in [-0.05, 0) is 64.4 Å². The predicted octanol–water partition coefficient (Wildman–Crippen LogP) is 2.16. The fraction of sp³-hybridized carbons (Fsp3) is 0.562. The number of sulfone groups is 1. The molecule has 2 unspecified atom stereocenters. The van der Waals surface area contributed by atoms with E-state index in [4.69, 9.17) is 0 Å². The number of piperidine rings is 1. The van der Waals surface area contributed by atoms with Gasteiger partial charge in [0.1, 0.15) is 0 Å². The molecule has 23 heavy (non-hydrogen) atoms. The van der Waals surface area contributed by atoms with Crippen molar-refractivity contribution in [3.8, 4) is 0 Å². The van der Waals surface area contributed by atoms with E-state index in [2.05, 4.69) is 17.6 Å². The molecule has 1 aliphatic heterocycles. The lowest BCUT2D eigenvalue weighted by atomic mass is 10.0. The van der Waals surface area contributed by atoms with Gasteiger partial charge in [0.2, 0.25) is 0 Å². The van der Waals surface area contributed by atoms with Crippen LogP contribution in [-0.2, 0) is 9.84 Å². The summed E-state index contributed by atoms with van der Waals surface area (Å²) in [5, 5.41) is 5.89. The summed E-state index contributed by atoms with van der Waals surface area (Å²) in [4.78, 5) is 12.5. The van der Waals surface area contributed by atoms with Crippen molar-refractivity contribution < 1.29 is 13.2 Å². The molecule has 1 fully saturated rings. The van der Waals surface area contributed by atoms with Gasteiger partial charge >= 0.3 is 0 Å². The molecule has 7 heteroatoms. The molecular formula is C16H25ClN2O3S. The fourth-order valence-electron chi connectivity index (χ4n) is 2.60. The lowest BCUT2D eigenvalue weighted by Crippen LogP contribution is -2.46. The zero-order valence-corrected chi connectivity index (χ0v) is 15.3. The normalized spacial score (nSPS) is 21.6. The molecule has 0 spiro atoms. The second-order valence-electron chi connectivity index (χ2n) is 6.17. The van der Waals surface area contributed by atoms with Crippen LogP contribution in [0.2, 0.25) is 0 Å². The summed E-state index contributed by atoms with van der Waals surface area (Å²) in [7, 11) is -3.29. The average molecular weight is 361 g/mol. The third-order valence-electron chi connectivity index (χ3n) is 4.02. The van der Waals surface area contributed by atoms with Gasteiger partial charge in [-0.15, -0.1) is 12.4 Å². The van der Waals surface area contributed by atoms with Gasteiger partial charge in [-0.3, -0.25) is 4.79 Å². The highest BCUT2D eigenvalue weighted by atomic mass is 35.5. The average Bonchev–Trinajstić information content (AvgIpc) is 2.47. The van der Waals surface area contributed by atoms with Crippen LogP contribution in [0.1, 0.15) is 44.0 Å². The number of carbonyl (C=O) groups is 1. The highest BCUT2D eigenvalue weighted by Gasteiger charge is 2.22. The van der Waals surface area contributed by atoms with Crippen molar-refractivity contribution in [1.82, 2.24) is 10.6 Å². The third-order valence-corrected chi connectivity index (χ3v) is 6.19. The summed E-state index contributed by atoms with van der Waals surface area (Å²) in [5.41, 5.74) is 0.494. The van der Waals surface area contributed by atoms with Gasteiger partial charge in [0, 0.05) is 17.6 Å². The maximum Gasteiger partial charge on any atom is 0.251 e. The minimum Gasteiger partial charge on any atom is -0.349 e. The lowest BCUT2D eigenvalue weighted by Gasteiger charge is -2.28. The first-order valence-corrected chi connectivity index (χ1v) is 9.23. The van der Waals surface area contributed by atoms with Crippen LogP contribution in [0, 0.1) is 0 Å². The van der Waals surface area contributed by atoms with E-state index in [1.165, 1.54) is 12.1 Å². The van der Waals surface area contributed by atoms with Crippen molar-refractivity contribution >= 4 is 28.2 Å². The Labute approximate surface area is 144 Å². The number of halogens is 1. The van der Waals surface area contributed by atoms with Crippen LogP contribution in [0.15, 0.2) is 29.2 Å². The van der Waals surface area contributed by atoms with Crippen molar-refractivity contribution in [2.75, 3.05) is 6.54 Å². The Morgan fingerprint density at radius 3 is 2.39 bits per heavy atom.